The zero-order valence-electron chi connectivity index (χ0n) is 13.3. The van der Waals surface area contributed by atoms with E-state index in [9.17, 15) is 10.1 Å². The van der Waals surface area contributed by atoms with Crippen LogP contribution in [0.15, 0.2) is 78.6 Å². The fraction of sp³-hybridized carbons (Fsp3) is 0.158. The van der Waals surface area contributed by atoms with Gasteiger partial charge in [-0.15, -0.1) is 0 Å². The molecule has 3 rings (SSSR count). The summed E-state index contributed by atoms with van der Waals surface area (Å²) in [5.74, 6) is 1.60. The highest BCUT2D eigenvalue weighted by atomic mass is 35.5. The summed E-state index contributed by atoms with van der Waals surface area (Å²) >= 11 is 5.97. The molecule has 1 unspecified atom stereocenters. The van der Waals surface area contributed by atoms with Gasteiger partial charge in [-0.3, -0.25) is 10.1 Å². The summed E-state index contributed by atoms with van der Waals surface area (Å²) in [5.41, 5.74) is 1.08. The number of hydrogen-bond donors (Lipinski definition) is 0. The van der Waals surface area contributed by atoms with Gasteiger partial charge in [0.05, 0.1) is 12.5 Å². The normalized spacial score (nSPS) is 19.2. The molecule has 0 saturated heterocycles. The minimum absolute atomic E-state index is 0.126. The van der Waals surface area contributed by atoms with Crippen LogP contribution in [0.1, 0.15) is 12.0 Å². The van der Waals surface area contributed by atoms with Crippen molar-refractivity contribution in [1.29, 1.82) is 0 Å². The highest BCUT2D eigenvalue weighted by molar-refractivity contribution is 6.24. The number of alkyl halides is 1. The Hall–Kier alpha value is -2.79. The molecule has 0 N–H and O–H groups in total. The molecule has 2 aromatic carbocycles. The van der Waals surface area contributed by atoms with Crippen molar-refractivity contribution in [2.45, 2.75) is 18.0 Å². The van der Waals surface area contributed by atoms with Gasteiger partial charge in [0.15, 0.2) is 0 Å². The molecule has 0 aliphatic heterocycles. The van der Waals surface area contributed by atoms with Crippen LogP contribution in [0.25, 0.3) is 0 Å². The van der Waals surface area contributed by atoms with E-state index in [-0.39, 0.29) is 6.42 Å². The molecule has 6 heteroatoms. The van der Waals surface area contributed by atoms with Crippen molar-refractivity contribution < 1.29 is 14.4 Å². The second-order valence-electron chi connectivity index (χ2n) is 5.58. The van der Waals surface area contributed by atoms with Gasteiger partial charge in [0.25, 0.3) is 0 Å². The topological polar surface area (TPSA) is 61.6 Å². The zero-order chi connectivity index (χ0) is 17.7. The summed E-state index contributed by atoms with van der Waals surface area (Å²) in [6.45, 7) is 0.479. The average molecular weight is 358 g/mol. The Balaban J connectivity index is 1.62. The molecule has 0 aromatic heterocycles. The Bertz CT molecular complexity index is 802. The molecule has 2 aromatic rings. The molecule has 0 heterocycles. The third kappa shape index (κ3) is 4.39. The van der Waals surface area contributed by atoms with Crippen LogP contribution < -0.4 is 9.47 Å². The molecule has 0 amide bonds. The predicted octanol–water partition coefficient (Wildman–Crippen LogP) is 4.70. The first kappa shape index (κ1) is 17.0. The van der Waals surface area contributed by atoms with Gasteiger partial charge < -0.3 is 9.47 Å². The minimum atomic E-state index is -1.65. The molecule has 0 spiro atoms. The number of allylic oxidation sites excluding steroid dienone is 1. The molecule has 0 radical (unpaired) electrons. The van der Waals surface area contributed by atoms with Crippen LogP contribution in [0.4, 0.5) is 0 Å². The second kappa shape index (κ2) is 7.40. The molecule has 0 saturated carbocycles. The molecule has 5 nitrogen and oxygen atoms in total. The number of hydrogen-bond acceptors (Lipinski definition) is 4. The first-order valence-electron chi connectivity index (χ1n) is 7.73. The van der Waals surface area contributed by atoms with Crippen LogP contribution in [-0.2, 0) is 6.61 Å². The van der Waals surface area contributed by atoms with Crippen molar-refractivity contribution in [2.24, 2.45) is 0 Å². The Labute approximate surface area is 150 Å². The maximum absolute atomic E-state index is 11.0. The van der Waals surface area contributed by atoms with E-state index in [2.05, 4.69) is 0 Å². The molecular formula is C19H16ClNO4. The third-order valence-electron chi connectivity index (χ3n) is 3.66. The highest BCUT2D eigenvalue weighted by Crippen LogP contribution is 2.30. The lowest BCUT2D eigenvalue weighted by Crippen LogP contribution is -2.31. The molecule has 1 atom stereocenters. The standard InChI is InChI=1S/C19H16ClNO4/c20-19(21(22)23)12-4-7-18(13-19)25-17-10-8-16(9-11-17)24-14-15-5-2-1-3-6-15/h1-11,13H,12,14H2. The van der Waals surface area contributed by atoms with E-state index in [0.29, 0.717) is 23.9 Å². The van der Waals surface area contributed by atoms with Crippen molar-refractivity contribution in [2.75, 3.05) is 0 Å². The minimum Gasteiger partial charge on any atom is -0.489 e. The van der Waals surface area contributed by atoms with Crippen LogP contribution in [0.5, 0.6) is 11.5 Å². The number of ether oxygens (including phenoxy) is 2. The van der Waals surface area contributed by atoms with Crippen LogP contribution in [0.2, 0.25) is 0 Å². The van der Waals surface area contributed by atoms with Crippen LogP contribution in [-0.4, -0.2) is 9.92 Å². The maximum atomic E-state index is 11.0. The Morgan fingerprint density at radius 1 is 1.08 bits per heavy atom. The van der Waals surface area contributed by atoms with Gasteiger partial charge in [-0.2, -0.15) is 0 Å². The maximum Gasteiger partial charge on any atom is 0.320 e. The van der Waals surface area contributed by atoms with Gasteiger partial charge in [-0.1, -0.05) is 36.4 Å². The molecular weight excluding hydrogens is 342 g/mol. The SMILES string of the molecule is O=[N+]([O-])C1(Cl)C=C(Oc2ccc(OCc3ccccc3)cc2)C=CC1. The zero-order valence-corrected chi connectivity index (χ0v) is 14.1. The fourth-order valence-corrected chi connectivity index (χ4v) is 2.53. The summed E-state index contributed by atoms with van der Waals surface area (Å²) in [4.78, 5) is 8.85. The van der Waals surface area contributed by atoms with E-state index in [1.807, 2.05) is 30.3 Å². The summed E-state index contributed by atoms with van der Waals surface area (Å²) in [6.07, 6.45) is 4.74. The van der Waals surface area contributed by atoms with Crippen molar-refractivity contribution in [3.8, 4) is 11.5 Å². The number of benzene rings is 2. The Morgan fingerprint density at radius 3 is 2.44 bits per heavy atom. The number of nitro groups is 1. The molecule has 25 heavy (non-hydrogen) atoms. The summed E-state index contributed by atoms with van der Waals surface area (Å²) in [5, 5.41) is 11.0. The van der Waals surface area contributed by atoms with Gasteiger partial charge in [-0.05, 0) is 47.5 Å². The van der Waals surface area contributed by atoms with Crippen LogP contribution in [0.3, 0.4) is 0 Å². The number of halogens is 1. The Kier molecular flexibility index (Phi) is 5.05. The van der Waals surface area contributed by atoms with Crippen molar-refractivity contribution in [3.63, 3.8) is 0 Å². The lowest BCUT2D eigenvalue weighted by molar-refractivity contribution is -0.527. The van der Waals surface area contributed by atoms with Gasteiger partial charge in [-0.25, -0.2) is 0 Å². The van der Waals surface area contributed by atoms with Gasteiger partial charge in [0.2, 0.25) is 0 Å². The van der Waals surface area contributed by atoms with E-state index in [4.69, 9.17) is 21.1 Å². The second-order valence-corrected chi connectivity index (χ2v) is 6.23. The highest BCUT2D eigenvalue weighted by Gasteiger charge is 2.39. The monoisotopic (exact) mass is 357 g/mol. The summed E-state index contributed by atoms with van der Waals surface area (Å²) < 4.78 is 11.4. The van der Waals surface area contributed by atoms with E-state index in [1.54, 1.807) is 36.4 Å². The van der Waals surface area contributed by atoms with Crippen molar-refractivity contribution in [3.05, 3.63) is 94.3 Å². The van der Waals surface area contributed by atoms with E-state index in [1.165, 1.54) is 6.08 Å². The summed E-state index contributed by atoms with van der Waals surface area (Å²) in [7, 11) is 0. The lowest BCUT2D eigenvalue weighted by Gasteiger charge is -2.18. The first-order valence-corrected chi connectivity index (χ1v) is 8.10. The number of rotatable bonds is 6. The van der Waals surface area contributed by atoms with E-state index >= 15 is 0 Å². The van der Waals surface area contributed by atoms with Crippen LogP contribution in [0, 0.1) is 10.1 Å². The Morgan fingerprint density at radius 2 is 1.76 bits per heavy atom. The fourth-order valence-electron chi connectivity index (χ4n) is 2.34. The molecule has 0 fully saturated rings. The molecule has 128 valence electrons. The average Bonchev–Trinajstić information content (AvgIpc) is 2.62. The smallest absolute Gasteiger partial charge is 0.320 e. The van der Waals surface area contributed by atoms with Crippen LogP contribution >= 0.6 is 11.6 Å². The molecule has 0 bridgehead atoms. The van der Waals surface area contributed by atoms with Gasteiger partial charge in [0, 0.05) is 4.92 Å². The third-order valence-corrected chi connectivity index (χ3v) is 4.06. The first-order chi connectivity index (χ1) is 12.0. The number of nitrogens with zero attached hydrogens (tertiary/aromatic N) is 1. The molecule has 1 aliphatic rings. The molecule has 1 aliphatic carbocycles. The predicted molar refractivity (Wildman–Crippen MR) is 95.3 cm³/mol. The largest absolute Gasteiger partial charge is 0.489 e. The van der Waals surface area contributed by atoms with E-state index in [0.717, 1.165) is 5.56 Å². The van der Waals surface area contributed by atoms with E-state index < -0.39 is 9.92 Å². The van der Waals surface area contributed by atoms with Crippen molar-refractivity contribution in [1.82, 2.24) is 0 Å². The quantitative estimate of drug-likeness (QED) is 0.325. The summed E-state index contributed by atoms with van der Waals surface area (Å²) in [6, 6.07) is 16.9. The van der Waals surface area contributed by atoms with Gasteiger partial charge in [0.1, 0.15) is 23.9 Å². The van der Waals surface area contributed by atoms with Gasteiger partial charge >= 0.3 is 5.00 Å². The van der Waals surface area contributed by atoms with Crippen molar-refractivity contribution >= 4 is 11.6 Å². The lowest BCUT2D eigenvalue weighted by atomic mass is 10.1.